The molecule has 0 bridgehead atoms. The maximum absolute atomic E-state index is 12.6. The third-order valence-electron chi connectivity index (χ3n) is 4.23. The fourth-order valence-electron chi connectivity index (χ4n) is 2.81. The lowest BCUT2D eigenvalue weighted by atomic mass is 10.1. The van der Waals surface area contributed by atoms with Gasteiger partial charge in [-0.25, -0.2) is 0 Å². The Morgan fingerprint density at radius 2 is 1.93 bits per heavy atom. The Morgan fingerprint density at radius 1 is 1.17 bits per heavy atom. The number of nitrogens with two attached hydrogens (primary N) is 1. The highest BCUT2D eigenvalue weighted by atomic mass is 35.5. The van der Waals surface area contributed by atoms with Gasteiger partial charge >= 0.3 is 0 Å². The van der Waals surface area contributed by atoms with Gasteiger partial charge in [0.1, 0.15) is 0 Å². The second-order valence-corrected chi connectivity index (χ2v) is 8.19. The molecule has 1 unspecified atom stereocenters. The van der Waals surface area contributed by atoms with Crippen LogP contribution in [0.15, 0.2) is 47.4 Å². The van der Waals surface area contributed by atoms with Crippen LogP contribution in [0.5, 0.6) is 0 Å². The first-order valence-corrected chi connectivity index (χ1v) is 10.3. The summed E-state index contributed by atoms with van der Waals surface area (Å²) >= 11 is 7.23. The van der Waals surface area contributed by atoms with E-state index >= 15 is 0 Å². The molecule has 0 spiro atoms. The minimum Gasteiger partial charge on any atom is -0.370 e. The van der Waals surface area contributed by atoms with Crippen molar-refractivity contribution < 1.29 is 19.2 Å². The highest BCUT2D eigenvalue weighted by Gasteiger charge is 2.29. The van der Waals surface area contributed by atoms with Gasteiger partial charge in [-0.05, 0) is 30.3 Å². The van der Waals surface area contributed by atoms with E-state index in [0.29, 0.717) is 16.4 Å². The summed E-state index contributed by atoms with van der Waals surface area (Å²) in [4.78, 5) is 48.9. The molecule has 8 nitrogen and oxygen atoms in total. The van der Waals surface area contributed by atoms with Gasteiger partial charge in [-0.15, -0.1) is 11.8 Å². The number of primary amides is 1. The van der Waals surface area contributed by atoms with Gasteiger partial charge < -0.3 is 21.7 Å². The Balaban J connectivity index is 1.64. The zero-order valence-electron chi connectivity index (χ0n) is 15.7. The largest absolute Gasteiger partial charge is 0.370 e. The van der Waals surface area contributed by atoms with Crippen LogP contribution in [0.1, 0.15) is 23.2 Å². The quantitative estimate of drug-likeness (QED) is 0.518. The Kier molecular flexibility index (Phi) is 6.96. The minimum atomic E-state index is -0.616. The first kappa shape index (κ1) is 21.7. The number of rotatable bonds is 7. The molecule has 3 rings (SSSR count). The van der Waals surface area contributed by atoms with Gasteiger partial charge in [-0.2, -0.15) is 0 Å². The van der Waals surface area contributed by atoms with Crippen LogP contribution in [0.2, 0.25) is 5.02 Å². The number of amides is 4. The smallest absolute Gasteiger partial charge is 0.253 e. The molecule has 0 saturated heterocycles. The van der Waals surface area contributed by atoms with Crippen molar-refractivity contribution in [1.82, 2.24) is 5.32 Å². The molecular weight excluding hydrogens is 428 g/mol. The van der Waals surface area contributed by atoms with Crippen LogP contribution in [-0.2, 0) is 14.4 Å². The Hall–Kier alpha value is -3.04. The van der Waals surface area contributed by atoms with Crippen LogP contribution in [0.3, 0.4) is 0 Å². The van der Waals surface area contributed by atoms with Gasteiger partial charge in [-0.1, -0.05) is 23.7 Å². The maximum atomic E-state index is 12.6. The topological polar surface area (TPSA) is 130 Å². The maximum Gasteiger partial charge on any atom is 0.253 e. The van der Waals surface area contributed by atoms with E-state index in [9.17, 15) is 19.2 Å². The van der Waals surface area contributed by atoms with E-state index in [1.807, 2.05) is 0 Å². The molecule has 30 heavy (non-hydrogen) atoms. The average Bonchev–Trinajstić information content (AvgIpc) is 2.68. The summed E-state index contributed by atoms with van der Waals surface area (Å²) in [6.45, 7) is 0.0960. The van der Waals surface area contributed by atoms with Crippen molar-refractivity contribution in [3.8, 4) is 0 Å². The summed E-state index contributed by atoms with van der Waals surface area (Å²) in [5, 5.41) is 7.91. The van der Waals surface area contributed by atoms with Crippen molar-refractivity contribution in [2.75, 3.05) is 17.2 Å². The molecule has 1 aliphatic heterocycles. The number of halogens is 1. The second-order valence-electron chi connectivity index (χ2n) is 6.51. The van der Waals surface area contributed by atoms with Crippen molar-refractivity contribution in [2.24, 2.45) is 5.73 Å². The molecule has 5 N–H and O–H groups in total. The highest BCUT2D eigenvalue weighted by Crippen LogP contribution is 2.38. The molecule has 0 radical (unpaired) electrons. The molecule has 10 heteroatoms. The molecule has 0 saturated carbocycles. The monoisotopic (exact) mass is 446 g/mol. The number of anilines is 2. The van der Waals surface area contributed by atoms with Gasteiger partial charge in [0.25, 0.3) is 5.91 Å². The third kappa shape index (κ3) is 5.52. The summed E-state index contributed by atoms with van der Waals surface area (Å²) < 4.78 is 0. The zero-order valence-corrected chi connectivity index (χ0v) is 17.3. The SMILES string of the molecule is NC(=O)CCNC(=O)c1ccccc1NC(=O)CC1Sc2ccc(Cl)cc2NC1=O. The number of hydrogen-bond donors (Lipinski definition) is 4. The van der Waals surface area contributed by atoms with E-state index in [1.165, 1.54) is 11.8 Å². The number of benzene rings is 2. The normalized spacial score (nSPS) is 15.0. The lowest BCUT2D eigenvalue weighted by Crippen LogP contribution is -2.33. The van der Waals surface area contributed by atoms with Crippen LogP contribution in [0.25, 0.3) is 0 Å². The molecule has 2 aromatic rings. The number of carbonyl (C=O) groups excluding carboxylic acids is 4. The van der Waals surface area contributed by atoms with Gasteiger partial charge in [-0.3, -0.25) is 19.2 Å². The van der Waals surface area contributed by atoms with Gasteiger partial charge in [0.15, 0.2) is 0 Å². The highest BCUT2D eigenvalue weighted by molar-refractivity contribution is 8.01. The molecule has 156 valence electrons. The number of hydrogen-bond acceptors (Lipinski definition) is 5. The number of para-hydroxylation sites is 1. The van der Waals surface area contributed by atoms with E-state index in [1.54, 1.807) is 42.5 Å². The molecule has 1 aliphatic rings. The number of nitrogens with one attached hydrogen (secondary N) is 3. The van der Waals surface area contributed by atoms with E-state index in [0.717, 1.165) is 4.90 Å². The molecule has 0 fully saturated rings. The van der Waals surface area contributed by atoms with E-state index in [2.05, 4.69) is 16.0 Å². The Bertz CT molecular complexity index is 1010. The minimum absolute atomic E-state index is 0.0148. The summed E-state index contributed by atoms with van der Waals surface area (Å²) in [6.07, 6.45) is -0.0584. The average molecular weight is 447 g/mol. The first-order valence-electron chi connectivity index (χ1n) is 9.06. The molecular formula is C20H19ClN4O4S. The van der Waals surface area contributed by atoms with Crippen molar-refractivity contribution in [1.29, 1.82) is 0 Å². The van der Waals surface area contributed by atoms with Crippen LogP contribution < -0.4 is 21.7 Å². The van der Waals surface area contributed by atoms with Crippen molar-refractivity contribution in [2.45, 2.75) is 23.0 Å². The number of thioether (sulfide) groups is 1. The van der Waals surface area contributed by atoms with Crippen molar-refractivity contribution in [3.05, 3.63) is 53.1 Å². The van der Waals surface area contributed by atoms with E-state index < -0.39 is 23.0 Å². The Labute approximate surface area is 181 Å². The predicted molar refractivity (Wildman–Crippen MR) is 116 cm³/mol. The van der Waals surface area contributed by atoms with Crippen LogP contribution >= 0.6 is 23.4 Å². The van der Waals surface area contributed by atoms with Crippen LogP contribution in [0, 0.1) is 0 Å². The molecule has 0 aromatic heterocycles. The fraction of sp³-hybridized carbons (Fsp3) is 0.200. The number of fused-ring (bicyclic) bond motifs is 1. The van der Waals surface area contributed by atoms with Crippen molar-refractivity contribution in [3.63, 3.8) is 0 Å². The second kappa shape index (κ2) is 9.64. The van der Waals surface area contributed by atoms with E-state index in [-0.39, 0.29) is 30.9 Å². The summed E-state index contributed by atoms with van der Waals surface area (Å²) in [5.41, 5.74) is 6.24. The first-order chi connectivity index (χ1) is 14.3. The zero-order chi connectivity index (χ0) is 21.7. The Morgan fingerprint density at radius 3 is 2.70 bits per heavy atom. The van der Waals surface area contributed by atoms with Gasteiger partial charge in [0, 0.05) is 29.3 Å². The van der Waals surface area contributed by atoms with Crippen molar-refractivity contribution >= 4 is 58.4 Å². The summed E-state index contributed by atoms with van der Waals surface area (Å²) in [5.74, 6) is -1.66. The van der Waals surface area contributed by atoms with Crippen LogP contribution in [-0.4, -0.2) is 35.4 Å². The summed E-state index contributed by atoms with van der Waals surface area (Å²) in [7, 11) is 0. The predicted octanol–water partition coefficient (Wildman–Crippen LogP) is 2.39. The molecule has 1 heterocycles. The fourth-order valence-corrected chi connectivity index (χ4v) is 4.07. The molecule has 2 aromatic carbocycles. The van der Waals surface area contributed by atoms with Crippen LogP contribution in [0.4, 0.5) is 11.4 Å². The van der Waals surface area contributed by atoms with E-state index in [4.69, 9.17) is 17.3 Å². The number of carbonyl (C=O) groups is 4. The lowest BCUT2D eigenvalue weighted by molar-refractivity contribution is -0.120. The van der Waals surface area contributed by atoms with Gasteiger partial charge in [0.2, 0.25) is 17.7 Å². The third-order valence-corrected chi connectivity index (χ3v) is 5.74. The molecule has 1 atom stereocenters. The summed E-state index contributed by atoms with van der Waals surface area (Å²) in [6, 6.07) is 11.6. The molecule has 4 amide bonds. The molecule has 0 aliphatic carbocycles. The standard InChI is InChI=1S/C20H19ClN4O4S/c21-11-5-6-15-14(9-11)25-20(29)16(30-15)10-18(27)24-13-4-2-1-3-12(13)19(28)23-8-7-17(22)26/h1-6,9,16H,7-8,10H2,(H2,22,26)(H,23,28)(H,24,27)(H,25,29). The lowest BCUT2D eigenvalue weighted by Gasteiger charge is -2.24. The van der Waals surface area contributed by atoms with Gasteiger partial charge in [0.05, 0.1) is 22.2 Å².